The maximum absolute atomic E-state index is 2.30. The Bertz CT molecular complexity index is 977. The molecule has 0 saturated heterocycles. The van der Waals surface area contributed by atoms with Gasteiger partial charge in [0.05, 0.1) is 7.05 Å². The van der Waals surface area contributed by atoms with Crippen LogP contribution in [0.2, 0.25) is 0 Å². The van der Waals surface area contributed by atoms with Gasteiger partial charge in [0.15, 0.2) is 18.1 Å². The van der Waals surface area contributed by atoms with E-state index < -0.39 is 0 Å². The van der Waals surface area contributed by atoms with Crippen LogP contribution in [-0.4, -0.2) is 18.1 Å². The Morgan fingerprint density at radius 1 is 0.880 bits per heavy atom. The molecule has 0 saturated carbocycles. The number of hydrogen-bond acceptors (Lipinski definition) is 2. The Labute approximate surface area is 148 Å². The van der Waals surface area contributed by atoms with Gasteiger partial charge < -0.3 is 4.90 Å². The molecule has 4 heteroatoms. The van der Waals surface area contributed by atoms with Crippen molar-refractivity contribution in [1.29, 1.82) is 0 Å². The predicted octanol–water partition coefficient (Wildman–Crippen LogP) is 2.72. The molecule has 0 fully saturated rings. The predicted molar refractivity (Wildman–Crippen MR) is 101 cm³/mol. The molecule has 1 aliphatic rings. The number of aryl methyl sites for hydroxylation is 1. The van der Waals surface area contributed by atoms with Gasteiger partial charge in [-0.3, -0.25) is 0 Å². The molecule has 0 spiro atoms. The smallest absolute Gasteiger partial charge is 0.283 e. The van der Waals surface area contributed by atoms with E-state index in [2.05, 4.69) is 114 Å². The average molecular weight is 332 g/mol. The van der Waals surface area contributed by atoms with Gasteiger partial charge in [0.1, 0.15) is 13.2 Å². The second-order valence-electron chi connectivity index (χ2n) is 6.73. The minimum atomic E-state index is 0.312. The Kier molecular flexibility index (Phi) is 3.68. The summed E-state index contributed by atoms with van der Waals surface area (Å²) in [5.41, 5.74) is 2.40. The van der Waals surface area contributed by atoms with E-state index in [1.807, 2.05) is 0 Å². The molecule has 2 aromatic heterocycles. The Morgan fingerprint density at radius 2 is 1.64 bits per heavy atom. The van der Waals surface area contributed by atoms with Crippen LogP contribution in [-0.2, 0) is 14.1 Å². The van der Waals surface area contributed by atoms with Crippen molar-refractivity contribution in [2.24, 2.45) is 14.1 Å². The van der Waals surface area contributed by atoms with Crippen molar-refractivity contribution >= 4 is 16.6 Å². The molecule has 0 amide bonds. The van der Waals surface area contributed by atoms with E-state index in [1.54, 1.807) is 0 Å². The lowest BCUT2D eigenvalue weighted by Crippen LogP contribution is -2.45. The summed E-state index contributed by atoms with van der Waals surface area (Å²) in [7, 11) is 6.35. The first-order valence-corrected chi connectivity index (χ1v) is 8.63. The van der Waals surface area contributed by atoms with Crippen LogP contribution in [0.25, 0.3) is 22.2 Å². The fourth-order valence-electron chi connectivity index (χ4n) is 3.52. The van der Waals surface area contributed by atoms with E-state index in [1.165, 1.54) is 28.0 Å². The zero-order valence-electron chi connectivity index (χ0n) is 15.2. The third-order valence-corrected chi connectivity index (χ3v) is 5.19. The Balaban J connectivity index is 1.86. The summed E-state index contributed by atoms with van der Waals surface area (Å²) < 4.78 is 4.47. The van der Waals surface area contributed by atoms with Crippen molar-refractivity contribution in [2.45, 2.75) is 13.1 Å². The number of anilines is 1. The maximum Gasteiger partial charge on any atom is 0.283 e. The number of hydrogen-bond donors (Lipinski definition) is 0. The van der Waals surface area contributed by atoms with Crippen LogP contribution in [0.4, 0.5) is 5.82 Å². The van der Waals surface area contributed by atoms with E-state index in [-0.39, 0.29) is 0 Å². The molecule has 4 rings (SSSR count). The number of rotatable bonds is 2. The van der Waals surface area contributed by atoms with Crippen LogP contribution in [0.1, 0.15) is 6.92 Å². The van der Waals surface area contributed by atoms with Crippen molar-refractivity contribution in [3.8, 4) is 11.4 Å². The molecule has 0 unspecified atom stereocenters. The number of aromatic nitrogens is 2. The molecule has 25 heavy (non-hydrogen) atoms. The van der Waals surface area contributed by atoms with Gasteiger partial charge in [0.25, 0.3) is 11.5 Å². The summed E-state index contributed by atoms with van der Waals surface area (Å²) in [5.74, 6) is 1.18. The van der Waals surface area contributed by atoms with E-state index >= 15 is 0 Å². The molecule has 0 N–H and O–H groups in total. The van der Waals surface area contributed by atoms with Crippen LogP contribution in [0.15, 0.2) is 67.1 Å². The Hall–Kier alpha value is -2.88. The highest BCUT2D eigenvalue weighted by Gasteiger charge is 2.31. The highest BCUT2D eigenvalue weighted by atomic mass is 15.4. The fraction of sp³-hybridized carbons (Fsp3) is 0.238. The van der Waals surface area contributed by atoms with Gasteiger partial charge in [-0.15, -0.1) is 0 Å². The molecule has 1 aromatic carbocycles. The molecule has 4 nitrogen and oxygen atoms in total. The minimum Gasteiger partial charge on any atom is -0.339 e. The van der Waals surface area contributed by atoms with E-state index in [9.17, 15) is 0 Å². The van der Waals surface area contributed by atoms with E-state index in [0.717, 1.165) is 0 Å². The number of pyridine rings is 2. The van der Waals surface area contributed by atoms with Crippen molar-refractivity contribution in [3.05, 3.63) is 67.1 Å². The quantitative estimate of drug-likeness (QED) is 0.670. The molecule has 3 aromatic rings. The highest BCUT2D eigenvalue weighted by Crippen LogP contribution is 2.23. The first-order valence-electron chi connectivity index (χ1n) is 8.63. The second kappa shape index (κ2) is 5.88. The second-order valence-corrected chi connectivity index (χ2v) is 6.73. The molecule has 0 aliphatic carbocycles. The third kappa shape index (κ3) is 2.54. The molecular formula is C21H24N4+2. The van der Waals surface area contributed by atoms with Crippen LogP contribution < -0.4 is 14.0 Å². The maximum atomic E-state index is 2.30. The molecule has 1 atom stereocenters. The summed E-state index contributed by atoms with van der Waals surface area (Å²) in [6.07, 6.45) is 6.77. The molecule has 0 bridgehead atoms. The summed E-state index contributed by atoms with van der Waals surface area (Å²) in [4.78, 5) is 4.51. The molecule has 1 aliphatic heterocycles. The molecular weight excluding hydrogens is 308 g/mol. The zero-order chi connectivity index (χ0) is 17.6. The Morgan fingerprint density at radius 3 is 2.36 bits per heavy atom. The molecule has 126 valence electrons. The number of benzene rings is 1. The third-order valence-electron chi connectivity index (χ3n) is 5.19. The van der Waals surface area contributed by atoms with Gasteiger partial charge in [0, 0.05) is 30.8 Å². The zero-order valence-corrected chi connectivity index (χ0v) is 15.2. The molecule has 3 heterocycles. The van der Waals surface area contributed by atoms with Crippen LogP contribution in [0, 0.1) is 0 Å². The standard InChI is InChI=1S/C21H24N4/c1-16-22(2)12-13-25(16)21-11-7-10-19(24(21)4)20-14-17-8-5-6-9-18(17)15-23(20)3/h5-16H,1-4H3/q+2/t16-/m0/s1. The first-order chi connectivity index (χ1) is 12.1. The van der Waals surface area contributed by atoms with Gasteiger partial charge in [-0.25, -0.2) is 9.47 Å². The lowest BCUT2D eigenvalue weighted by molar-refractivity contribution is -0.683. The van der Waals surface area contributed by atoms with E-state index in [4.69, 9.17) is 0 Å². The lowest BCUT2D eigenvalue weighted by atomic mass is 10.1. The number of nitrogens with zero attached hydrogens (tertiary/aromatic N) is 4. The lowest BCUT2D eigenvalue weighted by Gasteiger charge is -2.21. The van der Waals surface area contributed by atoms with Crippen LogP contribution in [0.5, 0.6) is 0 Å². The van der Waals surface area contributed by atoms with Crippen molar-refractivity contribution in [2.75, 3.05) is 11.9 Å². The van der Waals surface area contributed by atoms with Gasteiger partial charge in [-0.1, -0.05) is 18.2 Å². The first kappa shape index (κ1) is 15.6. The van der Waals surface area contributed by atoms with Gasteiger partial charge >= 0.3 is 0 Å². The summed E-state index contributed by atoms with van der Waals surface area (Å²) in [6, 6.07) is 17.3. The topological polar surface area (TPSA) is 14.2 Å². The van der Waals surface area contributed by atoms with Crippen molar-refractivity contribution in [3.63, 3.8) is 0 Å². The average Bonchev–Trinajstić information content (AvgIpc) is 2.94. The SMILES string of the molecule is C[C@H]1N(C)C=CN1c1cccc(-c2cc3ccccc3c[n+]2C)[n+]1C. The number of fused-ring (bicyclic) bond motifs is 1. The normalized spacial score (nSPS) is 16.9. The van der Waals surface area contributed by atoms with Gasteiger partial charge in [-0.2, -0.15) is 4.57 Å². The monoisotopic (exact) mass is 332 g/mol. The van der Waals surface area contributed by atoms with Crippen molar-refractivity contribution in [1.82, 2.24) is 4.90 Å². The largest absolute Gasteiger partial charge is 0.339 e. The fourth-order valence-corrected chi connectivity index (χ4v) is 3.52. The van der Waals surface area contributed by atoms with E-state index in [0.29, 0.717) is 6.17 Å². The van der Waals surface area contributed by atoms with Crippen LogP contribution >= 0.6 is 0 Å². The summed E-state index contributed by atoms with van der Waals surface area (Å²) >= 11 is 0. The van der Waals surface area contributed by atoms with Crippen molar-refractivity contribution < 1.29 is 9.13 Å². The minimum absolute atomic E-state index is 0.312. The molecule has 0 radical (unpaired) electrons. The van der Waals surface area contributed by atoms with Crippen LogP contribution in [0.3, 0.4) is 0 Å². The summed E-state index contributed by atoms with van der Waals surface area (Å²) in [6.45, 7) is 2.21. The highest BCUT2D eigenvalue weighted by molar-refractivity contribution is 5.83. The van der Waals surface area contributed by atoms with Gasteiger partial charge in [0.2, 0.25) is 0 Å². The van der Waals surface area contributed by atoms with Gasteiger partial charge in [-0.05, 0) is 30.5 Å². The summed E-state index contributed by atoms with van der Waals surface area (Å²) in [5, 5.41) is 2.51.